The molecule has 0 nitrogen and oxygen atoms in total. The van der Waals surface area contributed by atoms with E-state index in [4.69, 9.17) is 0 Å². The third kappa shape index (κ3) is 2.44. The van der Waals surface area contributed by atoms with Crippen molar-refractivity contribution in [1.82, 2.24) is 0 Å². The summed E-state index contributed by atoms with van der Waals surface area (Å²) in [7, 11) is 0. The molecule has 0 fully saturated rings. The second-order valence-electron chi connectivity index (χ2n) is 1.97. The Hall–Kier alpha value is -0.260. The van der Waals surface area contributed by atoms with Crippen LogP contribution in [0.25, 0.3) is 0 Å². The van der Waals surface area contributed by atoms with Crippen LogP contribution in [-0.4, -0.2) is 0 Å². The minimum absolute atomic E-state index is 1.39. The van der Waals surface area contributed by atoms with Gasteiger partial charge in [0.1, 0.15) is 0 Å². The van der Waals surface area contributed by atoms with Crippen molar-refractivity contribution in [2.24, 2.45) is 0 Å². The molecular formula is C7H13. The summed E-state index contributed by atoms with van der Waals surface area (Å²) >= 11 is 0. The number of hydrogen-bond acceptors (Lipinski definition) is 0. The minimum Gasteiger partial charge on any atom is -0.0882 e. The summed E-state index contributed by atoms with van der Waals surface area (Å²) in [5.74, 6) is 1.41. The van der Waals surface area contributed by atoms with Crippen molar-refractivity contribution >= 4 is 0 Å². The van der Waals surface area contributed by atoms with E-state index in [1.165, 1.54) is 11.5 Å². The first-order valence-corrected chi connectivity index (χ1v) is 2.62. The Bertz CT molecular complexity index is 68.1. The molecule has 0 aliphatic rings. The van der Waals surface area contributed by atoms with Crippen molar-refractivity contribution in [3.8, 4) is 0 Å². The summed E-state index contributed by atoms with van der Waals surface area (Å²) in [5.41, 5.74) is 1.39. The zero-order valence-electron chi connectivity index (χ0n) is 5.58. The lowest BCUT2D eigenvalue weighted by Gasteiger charge is -1.99. The quantitative estimate of drug-likeness (QED) is 0.471. The molecule has 0 heteroatoms. The van der Waals surface area contributed by atoms with Crippen LogP contribution < -0.4 is 0 Å². The minimum atomic E-state index is 1.39. The van der Waals surface area contributed by atoms with Crippen molar-refractivity contribution in [2.45, 2.75) is 27.7 Å². The molecule has 41 valence electrons. The maximum Gasteiger partial charge on any atom is -0.00594 e. The highest BCUT2D eigenvalue weighted by Crippen LogP contribution is 2.08. The molecule has 0 saturated carbocycles. The van der Waals surface area contributed by atoms with Gasteiger partial charge in [-0.15, -0.1) is 0 Å². The highest BCUT2D eigenvalue weighted by Gasteiger charge is 1.91. The van der Waals surface area contributed by atoms with E-state index in [9.17, 15) is 0 Å². The van der Waals surface area contributed by atoms with Gasteiger partial charge in [-0.05, 0) is 19.8 Å². The molecule has 0 spiro atoms. The summed E-state index contributed by atoms with van der Waals surface area (Å²) in [6.45, 7) is 8.42. The molecule has 0 aromatic heterocycles. The molecule has 0 rings (SSSR count). The molecule has 0 saturated heterocycles. The fourth-order valence-corrected chi connectivity index (χ4v) is 0.289. The van der Waals surface area contributed by atoms with Gasteiger partial charge in [0.15, 0.2) is 0 Å². The highest BCUT2D eigenvalue weighted by molar-refractivity contribution is 5.16. The molecule has 0 aromatic carbocycles. The maximum atomic E-state index is 2.12. The van der Waals surface area contributed by atoms with Crippen LogP contribution in [0.15, 0.2) is 11.6 Å². The van der Waals surface area contributed by atoms with Gasteiger partial charge in [-0.2, -0.15) is 0 Å². The van der Waals surface area contributed by atoms with Crippen LogP contribution in [0.1, 0.15) is 27.7 Å². The normalized spacial score (nSPS) is 13.0. The number of hydrogen-bond donors (Lipinski definition) is 0. The van der Waals surface area contributed by atoms with E-state index in [1.54, 1.807) is 0 Å². The topological polar surface area (TPSA) is 0 Å². The second-order valence-corrected chi connectivity index (χ2v) is 1.97. The first kappa shape index (κ1) is 6.74. The molecule has 0 aromatic rings. The van der Waals surface area contributed by atoms with Gasteiger partial charge >= 0.3 is 0 Å². The molecule has 0 aliphatic heterocycles. The summed E-state index contributed by atoms with van der Waals surface area (Å²) < 4.78 is 0. The lowest BCUT2D eigenvalue weighted by molar-refractivity contribution is 1.10. The Morgan fingerprint density at radius 3 is 1.57 bits per heavy atom. The van der Waals surface area contributed by atoms with Crippen molar-refractivity contribution in [1.29, 1.82) is 0 Å². The molecule has 0 bridgehead atoms. The molecule has 0 heterocycles. The van der Waals surface area contributed by atoms with E-state index in [2.05, 4.69) is 33.8 Å². The van der Waals surface area contributed by atoms with E-state index in [0.29, 0.717) is 0 Å². The smallest absolute Gasteiger partial charge is 0.00594 e. The van der Waals surface area contributed by atoms with Gasteiger partial charge in [0.2, 0.25) is 0 Å². The van der Waals surface area contributed by atoms with E-state index < -0.39 is 0 Å². The van der Waals surface area contributed by atoms with Crippen molar-refractivity contribution in [3.05, 3.63) is 17.6 Å². The Kier molecular flexibility index (Phi) is 2.73. The van der Waals surface area contributed by atoms with Crippen LogP contribution >= 0.6 is 0 Å². The van der Waals surface area contributed by atoms with Gasteiger partial charge in [-0.25, -0.2) is 0 Å². The van der Waals surface area contributed by atoms with Crippen molar-refractivity contribution in [2.75, 3.05) is 0 Å². The zero-order chi connectivity index (χ0) is 5.86. The molecule has 7 heavy (non-hydrogen) atoms. The maximum absolute atomic E-state index is 2.12. The summed E-state index contributed by atoms with van der Waals surface area (Å²) in [6.07, 6.45) is 2.12. The van der Waals surface area contributed by atoms with Crippen LogP contribution in [0.5, 0.6) is 0 Å². The molecule has 0 unspecified atom stereocenters. The van der Waals surface area contributed by atoms with Gasteiger partial charge in [-0.3, -0.25) is 0 Å². The lowest BCUT2D eigenvalue weighted by Crippen LogP contribution is -1.82. The van der Waals surface area contributed by atoms with Crippen LogP contribution in [0.4, 0.5) is 0 Å². The van der Waals surface area contributed by atoms with Gasteiger partial charge in [0, 0.05) is 0 Å². The average Bonchev–Trinajstić information content (AvgIpc) is 1.65. The van der Waals surface area contributed by atoms with Gasteiger partial charge < -0.3 is 0 Å². The predicted molar refractivity (Wildman–Crippen MR) is 34.0 cm³/mol. The molecular weight excluding hydrogens is 84.1 g/mol. The second kappa shape index (κ2) is 2.84. The van der Waals surface area contributed by atoms with Gasteiger partial charge in [0.05, 0.1) is 0 Å². The monoisotopic (exact) mass is 97.1 g/mol. The van der Waals surface area contributed by atoms with E-state index >= 15 is 0 Å². The first-order chi connectivity index (χ1) is 3.18. The SMILES string of the molecule is C/C=C(\C)[C](C)C. The summed E-state index contributed by atoms with van der Waals surface area (Å²) in [6, 6.07) is 0. The van der Waals surface area contributed by atoms with Crippen LogP contribution in [0.2, 0.25) is 0 Å². The van der Waals surface area contributed by atoms with Crippen molar-refractivity contribution < 1.29 is 0 Å². The molecule has 0 atom stereocenters. The van der Waals surface area contributed by atoms with Crippen LogP contribution in [0.3, 0.4) is 0 Å². The third-order valence-electron chi connectivity index (χ3n) is 1.22. The molecule has 1 radical (unpaired) electrons. The van der Waals surface area contributed by atoms with E-state index in [0.717, 1.165) is 0 Å². The standard InChI is InChI=1S/C7H13/c1-5-7(4)6(2)3/h5H,1-4H3/b7-5+. The third-order valence-corrected chi connectivity index (χ3v) is 1.22. The Balaban J connectivity index is 3.56. The number of rotatable bonds is 1. The highest BCUT2D eigenvalue weighted by atomic mass is 14.0. The van der Waals surface area contributed by atoms with Gasteiger partial charge in [-0.1, -0.05) is 25.5 Å². The van der Waals surface area contributed by atoms with E-state index in [-0.39, 0.29) is 0 Å². The zero-order valence-corrected chi connectivity index (χ0v) is 5.58. The Labute approximate surface area is 46.2 Å². The summed E-state index contributed by atoms with van der Waals surface area (Å²) in [4.78, 5) is 0. The fraction of sp³-hybridized carbons (Fsp3) is 0.571. The van der Waals surface area contributed by atoms with Gasteiger partial charge in [0.25, 0.3) is 0 Å². The summed E-state index contributed by atoms with van der Waals surface area (Å²) in [5, 5.41) is 0. The molecule has 0 N–H and O–H groups in total. The fourth-order valence-electron chi connectivity index (χ4n) is 0.289. The number of allylic oxidation sites excluding steroid dienone is 2. The van der Waals surface area contributed by atoms with Crippen LogP contribution in [0, 0.1) is 5.92 Å². The Morgan fingerprint density at radius 2 is 1.57 bits per heavy atom. The molecule has 0 aliphatic carbocycles. The largest absolute Gasteiger partial charge is 0.0882 e. The average molecular weight is 97.2 g/mol. The Morgan fingerprint density at radius 1 is 1.14 bits per heavy atom. The lowest BCUT2D eigenvalue weighted by atomic mass is 10.1. The first-order valence-electron chi connectivity index (χ1n) is 2.62. The van der Waals surface area contributed by atoms with E-state index in [1.807, 2.05) is 0 Å². The van der Waals surface area contributed by atoms with Crippen LogP contribution in [-0.2, 0) is 0 Å². The predicted octanol–water partition coefficient (Wildman–Crippen LogP) is 2.57. The molecule has 0 amide bonds. The van der Waals surface area contributed by atoms with Crippen molar-refractivity contribution in [3.63, 3.8) is 0 Å².